The first-order valence-corrected chi connectivity index (χ1v) is 12.1. The third-order valence-corrected chi connectivity index (χ3v) is 8.91. The lowest BCUT2D eigenvalue weighted by Gasteiger charge is -2.57. The van der Waals surface area contributed by atoms with E-state index < -0.39 is 5.54 Å². The summed E-state index contributed by atoms with van der Waals surface area (Å²) in [6.07, 6.45) is 11.4. The Bertz CT molecular complexity index is 1000. The van der Waals surface area contributed by atoms with Gasteiger partial charge in [0, 0.05) is 35.6 Å². The highest BCUT2D eigenvalue weighted by Gasteiger charge is 2.54. The van der Waals surface area contributed by atoms with Crippen LogP contribution in [0.5, 0.6) is 0 Å². The van der Waals surface area contributed by atoms with Crippen molar-refractivity contribution in [1.29, 1.82) is 0 Å². The number of hydrogen-bond donors (Lipinski definition) is 2. The second kappa shape index (κ2) is 6.85. The molecule has 4 aliphatic carbocycles. The molecule has 7 rings (SSSR count). The Morgan fingerprint density at radius 2 is 1.81 bits per heavy atom. The molecule has 4 saturated carbocycles. The molecule has 5 nitrogen and oxygen atoms in total. The lowest BCUT2D eigenvalue weighted by atomic mass is 9.53. The number of para-hydroxylation sites is 1. The van der Waals surface area contributed by atoms with Crippen LogP contribution in [0.25, 0.3) is 10.9 Å². The third-order valence-electron chi connectivity index (χ3n) is 8.91. The summed E-state index contributed by atoms with van der Waals surface area (Å²) in [5, 5.41) is 4.74. The number of fused-ring (bicyclic) bond motifs is 1. The van der Waals surface area contributed by atoms with Gasteiger partial charge in [0.05, 0.1) is 0 Å². The summed E-state index contributed by atoms with van der Waals surface area (Å²) < 4.78 is 0. The van der Waals surface area contributed by atoms with Crippen LogP contribution in [0.4, 0.5) is 0 Å². The highest BCUT2D eigenvalue weighted by molar-refractivity contribution is 5.95. The number of H-pyrrole nitrogens is 1. The number of rotatable bonds is 5. The quantitative estimate of drug-likeness (QED) is 0.764. The molecular weight excluding hydrogens is 386 g/mol. The molecule has 0 spiro atoms. The molecule has 1 aromatic carbocycles. The molecule has 2 amide bonds. The summed E-state index contributed by atoms with van der Waals surface area (Å²) in [6.45, 7) is 2.58. The number of carbonyl (C=O) groups is 2. The summed E-state index contributed by atoms with van der Waals surface area (Å²) in [7, 11) is 0. The van der Waals surface area contributed by atoms with Gasteiger partial charge in [-0.05, 0) is 87.7 Å². The van der Waals surface area contributed by atoms with Gasteiger partial charge < -0.3 is 15.2 Å². The lowest BCUT2D eigenvalue weighted by Crippen LogP contribution is -2.65. The SMILES string of the molecule is C[C@]1(C(=O)NC23CC4CC(CC(C4)C2)C3)CCC(=O)N1CCc1c[nH]c2ccccc12. The van der Waals surface area contributed by atoms with E-state index in [0.717, 1.165) is 49.0 Å². The molecule has 2 aromatic rings. The average Bonchev–Trinajstić information content (AvgIpc) is 3.27. The number of amides is 2. The number of likely N-dealkylation sites (tertiary alicyclic amines) is 1. The van der Waals surface area contributed by atoms with Gasteiger partial charge in [-0.2, -0.15) is 0 Å². The Hall–Kier alpha value is -2.30. The Morgan fingerprint density at radius 3 is 2.52 bits per heavy atom. The Labute approximate surface area is 184 Å². The van der Waals surface area contributed by atoms with Gasteiger partial charge in [0.1, 0.15) is 5.54 Å². The zero-order valence-electron chi connectivity index (χ0n) is 18.5. The number of benzene rings is 1. The molecule has 4 bridgehead atoms. The predicted molar refractivity (Wildman–Crippen MR) is 120 cm³/mol. The van der Waals surface area contributed by atoms with Crippen LogP contribution >= 0.6 is 0 Å². The molecule has 31 heavy (non-hydrogen) atoms. The van der Waals surface area contributed by atoms with Crippen molar-refractivity contribution in [3.8, 4) is 0 Å². The predicted octanol–water partition coefficient (Wildman–Crippen LogP) is 4.18. The Balaban J connectivity index is 1.19. The molecule has 1 aliphatic heterocycles. The topological polar surface area (TPSA) is 65.2 Å². The molecule has 5 heteroatoms. The van der Waals surface area contributed by atoms with E-state index in [1.807, 2.05) is 30.2 Å². The van der Waals surface area contributed by atoms with Gasteiger partial charge in [-0.1, -0.05) is 18.2 Å². The van der Waals surface area contributed by atoms with E-state index in [9.17, 15) is 9.59 Å². The van der Waals surface area contributed by atoms with Crippen molar-refractivity contribution in [1.82, 2.24) is 15.2 Å². The van der Waals surface area contributed by atoms with Crippen molar-refractivity contribution in [2.45, 2.75) is 75.8 Å². The van der Waals surface area contributed by atoms with E-state index in [1.54, 1.807) is 0 Å². The average molecular weight is 420 g/mol. The van der Waals surface area contributed by atoms with E-state index in [-0.39, 0.29) is 17.4 Å². The van der Waals surface area contributed by atoms with Gasteiger partial charge in [-0.25, -0.2) is 0 Å². The molecule has 164 valence electrons. The number of carbonyl (C=O) groups excluding carboxylic acids is 2. The van der Waals surface area contributed by atoms with Crippen molar-refractivity contribution >= 4 is 22.7 Å². The summed E-state index contributed by atoms with van der Waals surface area (Å²) in [6, 6.07) is 8.26. The van der Waals surface area contributed by atoms with Crippen LogP contribution in [0.15, 0.2) is 30.5 Å². The van der Waals surface area contributed by atoms with E-state index in [1.165, 1.54) is 30.2 Å². The van der Waals surface area contributed by atoms with Gasteiger partial charge in [-0.15, -0.1) is 0 Å². The molecule has 1 atom stereocenters. The standard InChI is InChI=1S/C26H33N3O2/c1-25(24(31)28-26-13-17-10-18(14-26)12-19(11-17)15-26)8-6-23(30)29(25)9-7-20-16-27-22-5-3-2-4-21(20)22/h2-5,16-19,27H,6-15H2,1H3,(H,28,31)/t17?,18?,19?,25-,26?/m1/s1. The smallest absolute Gasteiger partial charge is 0.246 e. The van der Waals surface area contributed by atoms with E-state index in [2.05, 4.69) is 22.4 Å². The van der Waals surface area contributed by atoms with Gasteiger partial charge in [0.2, 0.25) is 11.8 Å². The minimum absolute atomic E-state index is 0.0109. The zero-order valence-corrected chi connectivity index (χ0v) is 18.5. The van der Waals surface area contributed by atoms with Gasteiger partial charge in [0.25, 0.3) is 0 Å². The molecular formula is C26H33N3O2. The molecule has 5 fully saturated rings. The maximum Gasteiger partial charge on any atom is 0.246 e. The number of aromatic amines is 1. The van der Waals surface area contributed by atoms with Crippen LogP contribution in [0.1, 0.15) is 63.9 Å². The summed E-state index contributed by atoms with van der Waals surface area (Å²) in [5.74, 6) is 2.58. The monoisotopic (exact) mass is 419 g/mol. The van der Waals surface area contributed by atoms with Gasteiger partial charge in [0.15, 0.2) is 0 Å². The lowest BCUT2D eigenvalue weighted by molar-refractivity contribution is -0.144. The van der Waals surface area contributed by atoms with Crippen molar-refractivity contribution in [3.05, 3.63) is 36.0 Å². The molecule has 1 aromatic heterocycles. The molecule has 2 N–H and O–H groups in total. The largest absolute Gasteiger partial charge is 0.361 e. The minimum atomic E-state index is -0.730. The van der Waals surface area contributed by atoms with Crippen molar-refractivity contribution in [2.24, 2.45) is 17.8 Å². The van der Waals surface area contributed by atoms with Crippen molar-refractivity contribution in [2.75, 3.05) is 6.54 Å². The van der Waals surface area contributed by atoms with Crippen LogP contribution in [0.3, 0.4) is 0 Å². The van der Waals surface area contributed by atoms with Crippen molar-refractivity contribution in [3.63, 3.8) is 0 Å². The molecule has 0 radical (unpaired) electrons. The highest BCUT2D eigenvalue weighted by Crippen LogP contribution is 2.55. The van der Waals surface area contributed by atoms with E-state index >= 15 is 0 Å². The van der Waals surface area contributed by atoms with Crippen molar-refractivity contribution < 1.29 is 9.59 Å². The van der Waals surface area contributed by atoms with Crippen LogP contribution in [-0.4, -0.2) is 39.3 Å². The van der Waals surface area contributed by atoms with Gasteiger partial charge in [-0.3, -0.25) is 9.59 Å². The fraction of sp³-hybridized carbons (Fsp3) is 0.615. The summed E-state index contributed by atoms with van der Waals surface area (Å²) in [5.41, 5.74) is 1.59. The second-order valence-corrected chi connectivity index (χ2v) is 11.1. The maximum absolute atomic E-state index is 13.7. The molecule has 5 aliphatic rings. The van der Waals surface area contributed by atoms with Crippen LogP contribution in [0.2, 0.25) is 0 Å². The van der Waals surface area contributed by atoms with Gasteiger partial charge >= 0.3 is 0 Å². The van der Waals surface area contributed by atoms with E-state index in [0.29, 0.717) is 19.4 Å². The second-order valence-electron chi connectivity index (χ2n) is 11.1. The minimum Gasteiger partial charge on any atom is -0.361 e. The first-order valence-electron chi connectivity index (χ1n) is 12.1. The first kappa shape index (κ1) is 19.4. The Kier molecular flexibility index (Phi) is 4.28. The van der Waals surface area contributed by atoms with E-state index in [4.69, 9.17) is 0 Å². The fourth-order valence-corrected chi connectivity index (χ4v) is 7.71. The molecule has 2 heterocycles. The number of aromatic nitrogens is 1. The first-order chi connectivity index (χ1) is 14.9. The highest BCUT2D eigenvalue weighted by atomic mass is 16.2. The fourth-order valence-electron chi connectivity index (χ4n) is 7.71. The molecule has 0 unspecified atom stereocenters. The Morgan fingerprint density at radius 1 is 1.13 bits per heavy atom. The van der Waals surface area contributed by atoms with Crippen LogP contribution < -0.4 is 5.32 Å². The number of nitrogens with zero attached hydrogens (tertiary/aromatic N) is 1. The summed E-state index contributed by atoms with van der Waals surface area (Å²) >= 11 is 0. The zero-order chi connectivity index (χ0) is 21.2. The maximum atomic E-state index is 13.7. The van der Waals surface area contributed by atoms with Crippen LogP contribution in [-0.2, 0) is 16.0 Å². The number of nitrogens with one attached hydrogen (secondary N) is 2. The molecule has 1 saturated heterocycles. The third kappa shape index (κ3) is 3.11. The number of hydrogen-bond acceptors (Lipinski definition) is 2. The van der Waals surface area contributed by atoms with Crippen LogP contribution in [0, 0.1) is 17.8 Å². The normalized spacial score (nSPS) is 36.5. The summed E-state index contributed by atoms with van der Waals surface area (Å²) in [4.78, 5) is 31.7.